The summed E-state index contributed by atoms with van der Waals surface area (Å²) < 4.78 is 77.3. The summed E-state index contributed by atoms with van der Waals surface area (Å²) in [5.74, 6) is -5.74. The fourth-order valence-electron chi connectivity index (χ4n) is 3.34. The minimum absolute atomic E-state index is 0.0316. The minimum Gasteiger partial charge on any atom is -0.435 e. The van der Waals surface area contributed by atoms with Crippen molar-refractivity contribution in [3.05, 3.63) is 54.1 Å². The topological polar surface area (TPSA) is 123 Å². The van der Waals surface area contributed by atoms with Crippen molar-refractivity contribution < 1.29 is 26.3 Å². The molecule has 1 aliphatic rings. The molecule has 0 saturated carbocycles. The van der Waals surface area contributed by atoms with Gasteiger partial charge in [0.2, 0.25) is 17.6 Å². The molecular formula is C20H19F3N6O3S. The summed E-state index contributed by atoms with van der Waals surface area (Å²) in [5.41, 5.74) is 5.01. The van der Waals surface area contributed by atoms with Crippen molar-refractivity contribution in [2.24, 2.45) is 0 Å². The zero-order valence-corrected chi connectivity index (χ0v) is 17.9. The zero-order valence-electron chi connectivity index (χ0n) is 17.1. The molecule has 1 aliphatic heterocycles. The molecule has 0 atom stereocenters. The molecule has 0 unspecified atom stereocenters. The molecule has 3 heterocycles. The number of anilines is 2. The average Bonchev–Trinajstić information content (AvgIpc) is 2.81. The SMILES string of the molecule is Nc1nccc(-c2cccnc2Oc2cc(F)c(NS(=O)(=O)N3CCCCC3)c(F)c2F)n1. The quantitative estimate of drug-likeness (QED) is 0.518. The van der Waals surface area contributed by atoms with E-state index in [0.29, 0.717) is 18.9 Å². The molecule has 0 radical (unpaired) electrons. The van der Waals surface area contributed by atoms with Crippen LogP contribution < -0.4 is 15.2 Å². The second-order valence-electron chi connectivity index (χ2n) is 7.18. The van der Waals surface area contributed by atoms with E-state index >= 15 is 0 Å². The van der Waals surface area contributed by atoms with Crippen molar-refractivity contribution in [1.29, 1.82) is 0 Å². The van der Waals surface area contributed by atoms with Crippen molar-refractivity contribution in [2.75, 3.05) is 23.5 Å². The van der Waals surface area contributed by atoms with Crippen LogP contribution in [-0.4, -0.2) is 40.8 Å². The molecule has 3 aromatic rings. The van der Waals surface area contributed by atoms with Gasteiger partial charge in [-0.25, -0.2) is 23.7 Å². The molecule has 0 amide bonds. The monoisotopic (exact) mass is 480 g/mol. The summed E-state index contributed by atoms with van der Waals surface area (Å²) in [6, 6.07) is 5.13. The fourth-order valence-corrected chi connectivity index (χ4v) is 4.65. The lowest BCUT2D eigenvalue weighted by molar-refractivity contribution is 0.348. The van der Waals surface area contributed by atoms with E-state index in [1.807, 2.05) is 0 Å². The zero-order chi connectivity index (χ0) is 23.6. The first-order valence-corrected chi connectivity index (χ1v) is 11.4. The highest BCUT2D eigenvalue weighted by Crippen LogP contribution is 2.35. The third-order valence-corrected chi connectivity index (χ3v) is 6.45. The number of benzene rings is 1. The van der Waals surface area contributed by atoms with E-state index in [1.165, 1.54) is 24.5 Å². The number of nitrogen functional groups attached to an aromatic ring is 1. The number of piperidine rings is 1. The molecule has 0 bridgehead atoms. The summed E-state index contributed by atoms with van der Waals surface area (Å²) in [6.07, 6.45) is 4.81. The standard InChI is InChI=1S/C20H19F3N6O3S/c21-13-11-15(32-19-12(5-4-7-25-19)14-6-8-26-20(24)27-14)16(22)17(23)18(13)28-33(30,31)29-9-2-1-3-10-29/h4-8,11,28H,1-3,9-10H2,(H2,24,26,27). The van der Waals surface area contributed by atoms with Gasteiger partial charge in [0.25, 0.3) is 0 Å². The van der Waals surface area contributed by atoms with Crippen LogP contribution in [0.5, 0.6) is 11.6 Å². The smallest absolute Gasteiger partial charge is 0.301 e. The van der Waals surface area contributed by atoms with E-state index in [0.717, 1.165) is 10.7 Å². The largest absolute Gasteiger partial charge is 0.435 e. The van der Waals surface area contributed by atoms with Gasteiger partial charge in [0.1, 0.15) is 5.69 Å². The number of nitrogens with zero attached hydrogens (tertiary/aromatic N) is 4. The van der Waals surface area contributed by atoms with Crippen LogP contribution in [0, 0.1) is 17.5 Å². The van der Waals surface area contributed by atoms with Crippen LogP contribution in [0.3, 0.4) is 0 Å². The van der Waals surface area contributed by atoms with Crippen molar-refractivity contribution in [3.8, 4) is 22.9 Å². The van der Waals surface area contributed by atoms with Crippen molar-refractivity contribution in [3.63, 3.8) is 0 Å². The Morgan fingerprint density at radius 1 is 1.03 bits per heavy atom. The molecule has 174 valence electrons. The Morgan fingerprint density at radius 2 is 1.79 bits per heavy atom. The summed E-state index contributed by atoms with van der Waals surface area (Å²) in [5, 5.41) is 0. The van der Waals surface area contributed by atoms with E-state index < -0.39 is 39.1 Å². The Balaban J connectivity index is 1.65. The highest BCUT2D eigenvalue weighted by atomic mass is 32.2. The summed E-state index contributed by atoms with van der Waals surface area (Å²) in [7, 11) is -4.26. The molecule has 4 rings (SSSR count). The Morgan fingerprint density at radius 3 is 2.52 bits per heavy atom. The van der Waals surface area contributed by atoms with Gasteiger partial charge in [0, 0.05) is 31.5 Å². The highest BCUT2D eigenvalue weighted by Gasteiger charge is 2.29. The van der Waals surface area contributed by atoms with Gasteiger partial charge in [-0.1, -0.05) is 6.42 Å². The normalized spacial score (nSPS) is 14.8. The number of pyridine rings is 1. The van der Waals surface area contributed by atoms with E-state index in [-0.39, 0.29) is 36.2 Å². The Kier molecular flexibility index (Phi) is 6.33. The number of nitrogens with two attached hydrogens (primary N) is 1. The van der Waals surface area contributed by atoms with Crippen LogP contribution >= 0.6 is 0 Å². The number of aromatic nitrogens is 3. The van der Waals surface area contributed by atoms with Crippen molar-refractivity contribution >= 4 is 21.8 Å². The molecule has 1 aromatic carbocycles. The van der Waals surface area contributed by atoms with Gasteiger partial charge in [-0.3, -0.25) is 4.72 Å². The van der Waals surface area contributed by atoms with Crippen molar-refractivity contribution in [1.82, 2.24) is 19.3 Å². The maximum Gasteiger partial charge on any atom is 0.301 e. The van der Waals surface area contributed by atoms with Crippen LogP contribution in [0.25, 0.3) is 11.3 Å². The third-order valence-electron chi connectivity index (χ3n) is 4.94. The van der Waals surface area contributed by atoms with Crippen LogP contribution in [0.4, 0.5) is 24.8 Å². The maximum atomic E-state index is 14.8. The Hall–Kier alpha value is -3.45. The molecular weight excluding hydrogens is 461 g/mol. The molecule has 0 aliphatic carbocycles. The molecule has 1 fully saturated rings. The first-order chi connectivity index (χ1) is 15.8. The number of hydrogen-bond acceptors (Lipinski definition) is 7. The van der Waals surface area contributed by atoms with Crippen LogP contribution in [-0.2, 0) is 10.2 Å². The molecule has 9 nitrogen and oxygen atoms in total. The predicted molar refractivity (Wildman–Crippen MR) is 114 cm³/mol. The number of rotatable bonds is 6. The fraction of sp³-hybridized carbons (Fsp3) is 0.250. The van der Waals surface area contributed by atoms with E-state index in [4.69, 9.17) is 10.5 Å². The highest BCUT2D eigenvalue weighted by molar-refractivity contribution is 7.90. The second kappa shape index (κ2) is 9.19. The molecule has 3 N–H and O–H groups in total. The lowest BCUT2D eigenvalue weighted by Gasteiger charge is -2.26. The Labute approximate surface area is 187 Å². The van der Waals surface area contributed by atoms with Gasteiger partial charge >= 0.3 is 10.2 Å². The van der Waals surface area contributed by atoms with Crippen molar-refractivity contribution in [2.45, 2.75) is 19.3 Å². The summed E-state index contributed by atoms with van der Waals surface area (Å²) >= 11 is 0. The Bertz CT molecular complexity index is 1290. The number of nitrogens with one attached hydrogen (secondary N) is 1. The predicted octanol–water partition coefficient (Wildman–Crippen LogP) is 3.47. The third kappa shape index (κ3) is 4.83. The van der Waals surface area contributed by atoms with E-state index in [1.54, 1.807) is 10.8 Å². The summed E-state index contributed by atoms with van der Waals surface area (Å²) in [6.45, 7) is 0.413. The van der Waals surface area contributed by atoms with Crippen LogP contribution in [0.2, 0.25) is 0 Å². The van der Waals surface area contributed by atoms with E-state index in [9.17, 15) is 21.6 Å². The summed E-state index contributed by atoms with van der Waals surface area (Å²) in [4.78, 5) is 11.8. The van der Waals surface area contributed by atoms with Gasteiger partial charge < -0.3 is 10.5 Å². The van der Waals surface area contributed by atoms with Gasteiger partial charge in [-0.05, 0) is 31.0 Å². The molecule has 13 heteroatoms. The number of hydrogen-bond donors (Lipinski definition) is 2. The molecule has 33 heavy (non-hydrogen) atoms. The molecule has 2 aromatic heterocycles. The first-order valence-electron chi connectivity index (χ1n) is 9.93. The maximum absolute atomic E-state index is 14.8. The average molecular weight is 480 g/mol. The minimum atomic E-state index is -4.26. The van der Waals surface area contributed by atoms with Crippen LogP contribution in [0.1, 0.15) is 19.3 Å². The molecule has 0 spiro atoms. The number of ether oxygens (including phenoxy) is 1. The number of halogens is 3. The van der Waals surface area contributed by atoms with E-state index in [2.05, 4.69) is 15.0 Å². The second-order valence-corrected chi connectivity index (χ2v) is 8.86. The van der Waals surface area contributed by atoms with Gasteiger partial charge in [-0.2, -0.15) is 17.1 Å². The van der Waals surface area contributed by atoms with Gasteiger partial charge in [0.05, 0.1) is 11.3 Å². The van der Waals surface area contributed by atoms with Crippen LogP contribution in [0.15, 0.2) is 36.7 Å². The lowest BCUT2D eigenvalue weighted by Crippen LogP contribution is -2.39. The lowest BCUT2D eigenvalue weighted by atomic mass is 10.2. The molecule has 1 saturated heterocycles. The van der Waals surface area contributed by atoms with Gasteiger partial charge in [0.15, 0.2) is 17.4 Å². The first kappa shape index (κ1) is 22.7. The van der Waals surface area contributed by atoms with Gasteiger partial charge in [-0.15, -0.1) is 0 Å².